The maximum Gasteiger partial charge on any atom is 0.341 e. The summed E-state index contributed by atoms with van der Waals surface area (Å²) in [6.07, 6.45) is 3.57. The number of fused-ring (bicyclic) bond motifs is 1. The molecule has 0 spiro atoms. The second-order valence-electron chi connectivity index (χ2n) is 6.27. The number of hydrogen-bond donors (Lipinski definition) is 1. The van der Waals surface area contributed by atoms with Crippen molar-refractivity contribution in [3.63, 3.8) is 0 Å². The SMILES string of the molecule is CCOC(=O)c1c(NS(=O)(=O)c2cc(Cl)c(Cl)cc2C)sc2c1CCCC2. The summed E-state index contributed by atoms with van der Waals surface area (Å²) >= 11 is 13.3. The van der Waals surface area contributed by atoms with Gasteiger partial charge in [-0.25, -0.2) is 13.2 Å². The van der Waals surface area contributed by atoms with Crippen LogP contribution >= 0.6 is 34.5 Å². The first kappa shape index (κ1) is 20.5. The number of rotatable bonds is 5. The van der Waals surface area contributed by atoms with Crippen LogP contribution in [0.4, 0.5) is 5.00 Å². The van der Waals surface area contributed by atoms with Crippen molar-refractivity contribution < 1.29 is 17.9 Å². The van der Waals surface area contributed by atoms with E-state index in [1.165, 1.54) is 23.5 Å². The van der Waals surface area contributed by atoms with Crippen LogP contribution in [0.25, 0.3) is 0 Å². The minimum absolute atomic E-state index is 0.0260. The molecule has 0 radical (unpaired) electrons. The molecule has 0 amide bonds. The Morgan fingerprint density at radius 1 is 1.22 bits per heavy atom. The van der Waals surface area contributed by atoms with E-state index in [4.69, 9.17) is 27.9 Å². The van der Waals surface area contributed by atoms with Crippen molar-refractivity contribution in [1.29, 1.82) is 0 Å². The second kappa shape index (κ2) is 7.99. The molecule has 1 aliphatic carbocycles. The van der Waals surface area contributed by atoms with Crippen molar-refractivity contribution in [1.82, 2.24) is 0 Å². The van der Waals surface area contributed by atoms with E-state index in [9.17, 15) is 13.2 Å². The Kier molecular flexibility index (Phi) is 6.05. The number of anilines is 1. The Bertz CT molecular complexity index is 999. The lowest BCUT2D eigenvalue weighted by molar-refractivity contribution is 0.0526. The molecule has 0 saturated carbocycles. The molecular formula is C18H19Cl2NO4S2. The number of esters is 1. The molecule has 5 nitrogen and oxygen atoms in total. The van der Waals surface area contributed by atoms with Crippen LogP contribution in [0.2, 0.25) is 10.0 Å². The average Bonchev–Trinajstić information content (AvgIpc) is 2.95. The molecule has 9 heteroatoms. The van der Waals surface area contributed by atoms with E-state index in [1.807, 2.05) is 0 Å². The zero-order chi connectivity index (χ0) is 19.8. The van der Waals surface area contributed by atoms with Crippen LogP contribution in [-0.2, 0) is 27.6 Å². The number of ether oxygens (including phenoxy) is 1. The first-order valence-corrected chi connectivity index (χ1v) is 11.6. The maximum absolute atomic E-state index is 13.0. The van der Waals surface area contributed by atoms with Gasteiger partial charge in [-0.15, -0.1) is 11.3 Å². The summed E-state index contributed by atoms with van der Waals surface area (Å²) < 4.78 is 33.7. The van der Waals surface area contributed by atoms with Gasteiger partial charge in [0.25, 0.3) is 10.0 Å². The molecular weight excluding hydrogens is 429 g/mol. The highest BCUT2D eigenvalue weighted by molar-refractivity contribution is 7.93. The largest absolute Gasteiger partial charge is 0.462 e. The Labute approximate surface area is 172 Å². The van der Waals surface area contributed by atoms with Crippen LogP contribution in [0.1, 0.15) is 46.1 Å². The molecule has 0 fully saturated rings. The van der Waals surface area contributed by atoms with Crippen molar-refractivity contribution in [3.8, 4) is 0 Å². The van der Waals surface area contributed by atoms with E-state index in [2.05, 4.69) is 4.72 Å². The molecule has 1 heterocycles. The fourth-order valence-corrected chi connectivity index (χ4v) is 6.43. The van der Waals surface area contributed by atoms with Gasteiger partial charge in [0.1, 0.15) is 5.00 Å². The lowest BCUT2D eigenvalue weighted by atomic mass is 9.95. The van der Waals surface area contributed by atoms with Crippen molar-refractivity contribution >= 4 is 55.5 Å². The van der Waals surface area contributed by atoms with Crippen molar-refractivity contribution in [2.24, 2.45) is 0 Å². The van der Waals surface area contributed by atoms with Crippen molar-refractivity contribution in [2.45, 2.75) is 44.4 Å². The fraction of sp³-hybridized carbons (Fsp3) is 0.389. The van der Waals surface area contributed by atoms with Crippen LogP contribution in [0.15, 0.2) is 17.0 Å². The van der Waals surface area contributed by atoms with E-state index in [1.54, 1.807) is 13.8 Å². The minimum Gasteiger partial charge on any atom is -0.462 e. The van der Waals surface area contributed by atoms with Crippen LogP contribution in [0, 0.1) is 6.92 Å². The average molecular weight is 448 g/mol. The number of sulfonamides is 1. The van der Waals surface area contributed by atoms with Gasteiger partial charge >= 0.3 is 5.97 Å². The highest BCUT2D eigenvalue weighted by Crippen LogP contribution is 2.40. The summed E-state index contributed by atoms with van der Waals surface area (Å²) in [5, 5.41) is 0.733. The fourth-order valence-electron chi connectivity index (χ4n) is 3.15. The van der Waals surface area contributed by atoms with Crippen molar-refractivity contribution in [3.05, 3.63) is 43.7 Å². The number of aryl methyl sites for hydroxylation is 2. The van der Waals surface area contributed by atoms with E-state index in [-0.39, 0.29) is 21.5 Å². The van der Waals surface area contributed by atoms with E-state index >= 15 is 0 Å². The molecule has 0 saturated heterocycles. The van der Waals surface area contributed by atoms with Gasteiger partial charge in [-0.2, -0.15) is 0 Å². The molecule has 1 aromatic carbocycles. The highest BCUT2D eigenvalue weighted by Gasteiger charge is 2.29. The third-order valence-electron chi connectivity index (χ3n) is 4.39. The first-order chi connectivity index (χ1) is 12.7. The van der Waals surface area contributed by atoms with Crippen LogP contribution in [-0.4, -0.2) is 21.0 Å². The molecule has 0 atom stereocenters. The van der Waals surface area contributed by atoms with E-state index in [0.29, 0.717) is 16.1 Å². The maximum atomic E-state index is 13.0. The van der Waals surface area contributed by atoms with E-state index < -0.39 is 16.0 Å². The number of carbonyl (C=O) groups excluding carboxylic acids is 1. The molecule has 27 heavy (non-hydrogen) atoms. The Morgan fingerprint density at radius 2 is 1.89 bits per heavy atom. The molecule has 1 N–H and O–H groups in total. The van der Waals surface area contributed by atoms with Gasteiger partial charge in [-0.05, 0) is 62.8 Å². The van der Waals surface area contributed by atoms with Crippen molar-refractivity contribution in [2.75, 3.05) is 11.3 Å². The third kappa shape index (κ3) is 4.11. The first-order valence-electron chi connectivity index (χ1n) is 8.54. The predicted octanol–water partition coefficient (Wildman–Crippen LogP) is 5.22. The summed E-state index contributed by atoms with van der Waals surface area (Å²) in [6, 6.07) is 2.82. The summed E-state index contributed by atoms with van der Waals surface area (Å²) in [5.74, 6) is -0.500. The summed E-state index contributed by atoms with van der Waals surface area (Å²) in [7, 11) is -3.94. The van der Waals surface area contributed by atoms with Crippen LogP contribution in [0.5, 0.6) is 0 Å². The Balaban J connectivity index is 2.06. The smallest absolute Gasteiger partial charge is 0.341 e. The lowest BCUT2D eigenvalue weighted by Crippen LogP contribution is -2.17. The van der Waals surface area contributed by atoms with Gasteiger partial charge < -0.3 is 4.74 Å². The summed E-state index contributed by atoms with van der Waals surface area (Å²) in [5.41, 5.74) is 1.70. The second-order valence-corrected chi connectivity index (χ2v) is 9.84. The minimum atomic E-state index is -3.94. The quantitative estimate of drug-likeness (QED) is 0.637. The standard InChI is InChI=1S/C18H19Cl2NO4S2/c1-3-25-18(22)16-11-6-4-5-7-14(11)26-17(16)21-27(23,24)15-9-13(20)12(19)8-10(15)2/h8-9,21H,3-7H2,1-2H3. The molecule has 0 aliphatic heterocycles. The Morgan fingerprint density at radius 3 is 2.59 bits per heavy atom. The van der Waals surface area contributed by atoms with Crippen LogP contribution < -0.4 is 4.72 Å². The molecule has 3 rings (SSSR count). The summed E-state index contributed by atoms with van der Waals surface area (Å²) in [4.78, 5) is 13.6. The third-order valence-corrected chi connectivity index (χ3v) is 7.94. The number of hydrogen-bond acceptors (Lipinski definition) is 5. The topological polar surface area (TPSA) is 72.5 Å². The molecule has 146 valence electrons. The van der Waals surface area contributed by atoms with Gasteiger partial charge in [-0.1, -0.05) is 23.2 Å². The Hall–Kier alpha value is -1.28. The highest BCUT2D eigenvalue weighted by atomic mass is 35.5. The van der Waals surface area contributed by atoms with Gasteiger partial charge in [0, 0.05) is 4.88 Å². The number of nitrogens with one attached hydrogen (secondary N) is 1. The molecule has 2 aromatic rings. The van der Waals surface area contributed by atoms with Gasteiger partial charge in [0.15, 0.2) is 0 Å². The molecule has 1 aliphatic rings. The number of thiophene rings is 1. The summed E-state index contributed by atoms with van der Waals surface area (Å²) in [6.45, 7) is 3.59. The number of carbonyl (C=O) groups is 1. The van der Waals surface area contributed by atoms with E-state index in [0.717, 1.165) is 36.1 Å². The molecule has 0 unspecified atom stereocenters. The predicted molar refractivity (Wildman–Crippen MR) is 109 cm³/mol. The number of benzene rings is 1. The lowest BCUT2D eigenvalue weighted by Gasteiger charge is -2.13. The van der Waals surface area contributed by atoms with Gasteiger partial charge in [-0.3, -0.25) is 4.72 Å². The molecule has 1 aromatic heterocycles. The zero-order valence-electron chi connectivity index (χ0n) is 14.9. The number of halogens is 2. The van der Waals surface area contributed by atoms with Crippen LogP contribution in [0.3, 0.4) is 0 Å². The molecule has 0 bridgehead atoms. The zero-order valence-corrected chi connectivity index (χ0v) is 18.0. The monoisotopic (exact) mass is 447 g/mol. The van der Waals surface area contributed by atoms with Gasteiger partial charge in [0.05, 0.1) is 27.1 Å². The normalized spacial score (nSPS) is 13.9. The van der Waals surface area contributed by atoms with Gasteiger partial charge in [0.2, 0.25) is 0 Å².